The summed E-state index contributed by atoms with van der Waals surface area (Å²) in [5.74, 6) is 4.26. The molecule has 0 saturated heterocycles. The fraction of sp³-hybridized carbons (Fsp3) is 0.286. The van der Waals surface area contributed by atoms with Gasteiger partial charge in [0, 0.05) is 51.4 Å². The molecule has 0 bridgehead atoms. The van der Waals surface area contributed by atoms with Crippen molar-refractivity contribution in [2.45, 2.75) is 18.3 Å². The van der Waals surface area contributed by atoms with Crippen LogP contribution in [-0.4, -0.2) is 116 Å². The fourth-order valence-corrected chi connectivity index (χ4v) is 1.80. The Labute approximate surface area is 216 Å². The molecule has 1 rings (SSSR count). The van der Waals surface area contributed by atoms with Gasteiger partial charge in [-0.1, -0.05) is 30.1 Å². The van der Waals surface area contributed by atoms with E-state index in [1.807, 2.05) is 0 Å². The number of halogens is 1. The first-order valence-corrected chi connectivity index (χ1v) is 8.61. The van der Waals surface area contributed by atoms with Crippen LogP contribution in [-0.2, 0) is 9.53 Å². The summed E-state index contributed by atoms with van der Waals surface area (Å²) in [6.07, 6.45) is 5.35. The summed E-state index contributed by atoms with van der Waals surface area (Å²) in [6, 6.07) is 5.44. The summed E-state index contributed by atoms with van der Waals surface area (Å²) < 4.78 is 22.7. The Balaban J connectivity index is 0.00000841. The Bertz CT molecular complexity index is 766. The molecule has 1 aromatic rings. The number of hydrogen-bond acceptors (Lipinski definition) is 6. The Morgan fingerprint density at radius 1 is 1.03 bits per heavy atom. The molecule has 157 valence electrons. The number of benzene rings is 1. The number of aliphatic carboxylic acids is 1. The van der Waals surface area contributed by atoms with Crippen molar-refractivity contribution < 1.29 is 39.1 Å². The molecular weight excluding hydrogens is 422 g/mol. The van der Waals surface area contributed by atoms with E-state index in [4.69, 9.17) is 9.84 Å². The predicted octanol–water partition coefficient (Wildman–Crippen LogP) is 0.680. The number of hydrogen-bond donors (Lipinski definition) is 4. The van der Waals surface area contributed by atoms with Crippen molar-refractivity contribution in [1.82, 2.24) is 0 Å². The molecule has 0 aromatic heterocycles. The maximum absolute atomic E-state index is 12.8. The first-order chi connectivity index (χ1) is 13.9. The Kier molecular flexibility index (Phi) is 16.6. The summed E-state index contributed by atoms with van der Waals surface area (Å²) in [4.78, 5) is 10.3. The van der Waals surface area contributed by atoms with Crippen LogP contribution in [0.1, 0.15) is 0 Å². The zero-order chi connectivity index (χ0) is 21.5. The van der Waals surface area contributed by atoms with Crippen molar-refractivity contribution in [1.29, 1.82) is 0 Å². The van der Waals surface area contributed by atoms with Crippen LogP contribution in [0.5, 0.6) is 5.75 Å². The predicted molar refractivity (Wildman–Crippen MR) is 109 cm³/mol. The summed E-state index contributed by atoms with van der Waals surface area (Å²) >= 11 is 0. The van der Waals surface area contributed by atoms with Gasteiger partial charge in [0.05, 0.1) is 6.61 Å². The molecule has 0 spiro atoms. The summed E-state index contributed by atoms with van der Waals surface area (Å²) in [5.41, 5.74) is 0. The van der Waals surface area contributed by atoms with Crippen LogP contribution < -0.4 is 4.74 Å². The van der Waals surface area contributed by atoms with Crippen LogP contribution in [0.2, 0.25) is 0 Å². The van der Waals surface area contributed by atoms with Crippen LogP contribution >= 0.6 is 0 Å². The van der Waals surface area contributed by atoms with Gasteiger partial charge in [-0.05, 0) is 42.5 Å². The minimum atomic E-state index is -1.24. The van der Waals surface area contributed by atoms with E-state index in [-0.39, 0.29) is 70.4 Å². The second-order valence-corrected chi connectivity index (χ2v) is 5.69. The van der Waals surface area contributed by atoms with E-state index in [1.54, 1.807) is 0 Å². The van der Waals surface area contributed by atoms with E-state index < -0.39 is 30.9 Å². The number of carboxylic acids is 1. The number of carbonyl (C=O) groups is 1. The average molecular weight is 446 g/mol. The molecule has 0 aliphatic carbocycles. The van der Waals surface area contributed by atoms with Gasteiger partial charge in [-0.15, -0.1) is 0 Å². The van der Waals surface area contributed by atoms with Gasteiger partial charge in [0.15, 0.2) is 0 Å². The number of rotatable bonds is 11. The molecule has 0 aliphatic heterocycles. The van der Waals surface area contributed by atoms with E-state index in [0.717, 1.165) is 0 Å². The molecule has 4 N–H and O–H groups in total. The molecule has 1 radical (unpaired) electrons. The number of aliphatic hydroxyl groups is 3. The summed E-state index contributed by atoms with van der Waals surface area (Å²) in [7, 11) is 0. The van der Waals surface area contributed by atoms with Gasteiger partial charge < -0.3 is 29.9 Å². The van der Waals surface area contributed by atoms with Crippen LogP contribution in [0.4, 0.5) is 4.39 Å². The topological polar surface area (TPSA) is 116 Å². The molecule has 0 fully saturated rings. The van der Waals surface area contributed by atoms with Crippen molar-refractivity contribution >= 4 is 57.4 Å². The van der Waals surface area contributed by atoms with Gasteiger partial charge in [-0.25, -0.2) is 9.18 Å². The first kappa shape index (κ1) is 28.7. The fourth-order valence-electron chi connectivity index (χ4n) is 1.80. The van der Waals surface area contributed by atoms with Crippen molar-refractivity contribution in [2.75, 3.05) is 19.8 Å². The SMILES string of the molecule is O=C(O)COC[C@@H](O)[C@@H](O)/C=C/C=C/C#C/C=C/[C@@H](O)COc1ccc(F)cc1.[K]. The molecule has 7 nitrogen and oxygen atoms in total. The third-order valence-corrected chi connectivity index (χ3v) is 3.23. The zero-order valence-electron chi connectivity index (χ0n) is 16.5. The summed E-state index contributed by atoms with van der Waals surface area (Å²) in [6.45, 7) is -0.859. The minimum Gasteiger partial charge on any atom is -0.491 e. The van der Waals surface area contributed by atoms with E-state index in [9.17, 15) is 24.5 Å². The molecule has 1 aromatic carbocycles. The second kappa shape index (κ2) is 17.4. The van der Waals surface area contributed by atoms with Crippen molar-refractivity contribution in [3.8, 4) is 17.6 Å². The Morgan fingerprint density at radius 3 is 2.37 bits per heavy atom. The van der Waals surface area contributed by atoms with Gasteiger partial charge in [-0.2, -0.15) is 0 Å². The van der Waals surface area contributed by atoms with Gasteiger partial charge in [0.1, 0.15) is 43.1 Å². The normalized spacial score (nSPS) is 14.1. The van der Waals surface area contributed by atoms with E-state index in [1.165, 1.54) is 60.7 Å². The Morgan fingerprint density at radius 2 is 1.70 bits per heavy atom. The van der Waals surface area contributed by atoms with Crippen LogP contribution in [0, 0.1) is 17.7 Å². The number of allylic oxidation sites excluding steroid dienone is 4. The third kappa shape index (κ3) is 14.6. The Hall–Kier alpha value is -1.32. The van der Waals surface area contributed by atoms with Crippen LogP contribution in [0.3, 0.4) is 0 Å². The molecule has 0 amide bonds. The standard InChI is InChI=1S/C21H23FO7.K/c22-16-9-11-18(12-10-16)29-13-17(23)7-5-3-1-2-4-6-8-19(24)20(25)14-28-15-21(26)27;/h2,4-12,17,19-20,23-25H,13-15H2,(H,26,27);/b4-2+,7-5+,8-6+;/t17-,19+,20-;/m1./s1. The molecule has 0 aliphatic rings. The molecule has 30 heavy (non-hydrogen) atoms. The monoisotopic (exact) mass is 445 g/mol. The molecule has 0 heterocycles. The molecule has 3 atom stereocenters. The maximum atomic E-state index is 12.8. The quantitative estimate of drug-likeness (QED) is 0.225. The zero-order valence-corrected chi connectivity index (χ0v) is 19.6. The molecule has 0 saturated carbocycles. The second-order valence-electron chi connectivity index (χ2n) is 5.69. The number of ether oxygens (including phenoxy) is 2. The van der Waals surface area contributed by atoms with Gasteiger partial charge in [0.2, 0.25) is 0 Å². The maximum Gasteiger partial charge on any atom is 0.329 e. The molecule has 0 unspecified atom stereocenters. The van der Waals surface area contributed by atoms with Gasteiger partial charge in [0.25, 0.3) is 0 Å². The number of aliphatic hydroxyl groups excluding tert-OH is 3. The summed E-state index contributed by atoms with van der Waals surface area (Å²) in [5, 5.41) is 37.3. The van der Waals surface area contributed by atoms with Gasteiger partial charge >= 0.3 is 5.97 Å². The van der Waals surface area contributed by atoms with Crippen molar-refractivity contribution in [3.63, 3.8) is 0 Å². The first-order valence-electron chi connectivity index (χ1n) is 8.61. The number of carboxylic acid groups (broad SMARTS) is 1. The molecule has 9 heteroatoms. The average Bonchev–Trinajstić information content (AvgIpc) is 2.69. The third-order valence-electron chi connectivity index (χ3n) is 3.23. The molecular formula is C21H23FKO7. The van der Waals surface area contributed by atoms with E-state index >= 15 is 0 Å². The van der Waals surface area contributed by atoms with E-state index in [0.29, 0.717) is 5.75 Å². The van der Waals surface area contributed by atoms with Crippen molar-refractivity contribution in [2.24, 2.45) is 0 Å². The van der Waals surface area contributed by atoms with Crippen molar-refractivity contribution in [3.05, 3.63) is 66.5 Å². The minimum absolute atomic E-state index is 0. The smallest absolute Gasteiger partial charge is 0.329 e. The van der Waals surface area contributed by atoms with E-state index in [2.05, 4.69) is 16.6 Å². The van der Waals surface area contributed by atoms with Crippen LogP contribution in [0.25, 0.3) is 0 Å². The van der Waals surface area contributed by atoms with Crippen LogP contribution in [0.15, 0.2) is 60.7 Å². The largest absolute Gasteiger partial charge is 0.491 e. The van der Waals surface area contributed by atoms with Gasteiger partial charge in [-0.3, -0.25) is 0 Å².